The van der Waals surface area contributed by atoms with Crippen LogP contribution in [0.1, 0.15) is 50.5 Å². The number of aryl methyl sites for hydroxylation is 1. The number of anilines is 1. The molecule has 37 heavy (non-hydrogen) atoms. The summed E-state index contributed by atoms with van der Waals surface area (Å²) in [6.45, 7) is 11.1. The zero-order valence-electron chi connectivity index (χ0n) is 22.3. The van der Waals surface area contributed by atoms with Crippen LogP contribution in [0, 0.1) is 6.92 Å². The monoisotopic (exact) mass is 499 g/mol. The number of hydrogen-bond acceptors (Lipinski definition) is 6. The summed E-state index contributed by atoms with van der Waals surface area (Å²) in [7, 11) is 2.00. The van der Waals surface area contributed by atoms with E-state index in [-0.39, 0.29) is 0 Å². The largest absolute Gasteiger partial charge is 0.493 e. The van der Waals surface area contributed by atoms with Crippen molar-refractivity contribution in [2.45, 2.75) is 52.7 Å². The predicted molar refractivity (Wildman–Crippen MR) is 147 cm³/mol. The fourth-order valence-electron chi connectivity index (χ4n) is 5.10. The van der Waals surface area contributed by atoms with E-state index >= 15 is 0 Å². The van der Waals surface area contributed by atoms with Gasteiger partial charge in [-0.1, -0.05) is 0 Å². The van der Waals surface area contributed by atoms with Crippen LogP contribution in [0.5, 0.6) is 5.75 Å². The van der Waals surface area contributed by atoms with Crippen molar-refractivity contribution in [1.29, 1.82) is 0 Å². The van der Waals surface area contributed by atoms with E-state index in [2.05, 4.69) is 11.8 Å². The molecule has 192 valence electrons. The Morgan fingerprint density at radius 1 is 1.22 bits per heavy atom. The van der Waals surface area contributed by atoms with E-state index in [0.717, 1.165) is 63.0 Å². The second-order valence-electron chi connectivity index (χ2n) is 10.6. The van der Waals surface area contributed by atoms with Gasteiger partial charge in [0.15, 0.2) is 6.10 Å². The molecular weight excluding hydrogens is 466 g/mol. The molecule has 1 atom stereocenters. The lowest BCUT2D eigenvalue weighted by atomic mass is 9.86. The van der Waals surface area contributed by atoms with E-state index in [1.165, 1.54) is 5.56 Å². The SMILES string of the molecule is CCN(C)c1ccc2c(-c3ccc4c5c(ccnc35)CCO4)c([C@H](OC(C)(C)C)C(=O)O)c(C)cc2n1. The molecule has 0 amide bonds. The molecule has 0 bridgehead atoms. The number of pyridine rings is 2. The number of carbonyl (C=O) groups is 1. The summed E-state index contributed by atoms with van der Waals surface area (Å²) < 4.78 is 12.1. The molecule has 0 saturated carbocycles. The van der Waals surface area contributed by atoms with Crippen LogP contribution in [0.4, 0.5) is 5.82 Å². The van der Waals surface area contributed by atoms with Gasteiger partial charge in [-0.15, -0.1) is 0 Å². The Labute approximate surface area is 217 Å². The molecule has 3 heterocycles. The fourth-order valence-corrected chi connectivity index (χ4v) is 5.10. The van der Waals surface area contributed by atoms with Crippen LogP contribution in [0.3, 0.4) is 0 Å². The number of aliphatic carboxylic acids is 1. The fraction of sp³-hybridized carbons (Fsp3) is 0.367. The molecule has 2 aromatic carbocycles. The van der Waals surface area contributed by atoms with Gasteiger partial charge in [-0.25, -0.2) is 9.78 Å². The van der Waals surface area contributed by atoms with Crippen molar-refractivity contribution >= 4 is 33.6 Å². The molecular formula is C30H33N3O4. The van der Waals surface area contributed by atoms with Crippen LogP contribution < -0.4 is 9.64 Å². The lowest BCUT2D eigenvalue weighted by Gasteiger charge is -2.29. The maximum absolute atomic E-state index is 12.7. The zero-order valence-corrected chi connectivity index (χ0v) is 22.3. The molecule has 0 radical (unpaired) electrons. The molecule has 1 aliphatic rings. The highest BCUT2D eigenvalue weighted by molar-refractivity contribution is 6.08. The Balaban J connectivity index is 1.89. The zero-order chi connectivity index (χ0) is 26.5. The summed E-state index contributed by atoms with van der Waals surface area (Å²) in [5.41, 5.74) is 5.15. The Morgan fingerprint density at radius 2 is 2.00 bits per heavy atom. The molecule has 1 N–H and O–H groups in total. The van der Waals surface area contributed by atoms with Crippen molar-refractivity contribution < 1.29 is 19.4 Å². The van der Waals surface area contributed by atoms with Crippen molar-refractivity contribution in [3.8, 4) is 16.9 Å². The average molecular weight is 500 g/mol. The smallest absolute Gasteiger partial charge is 0.337 e. The predicted octanol–water partition coefficient (Wildman–Crippen LogP) is 6.09. The number of ether oxygens (including phenoxy) is 2. The van der Waals surface area contributed by atoms with Crippen molar-refractivity contribution in [3.05, 3.63) is 59.3 Å². The first-order chi connectivity index (χ1) is 17.6. The van der Waals surface area contributed by atoms with Gasteiger partial charge in [-0.3, -0.25) is 4.98 Å². The van der Waals surface area contributed by atoms with Crippen molar-refractivity contribution in [2.75, 3.05) is 25.1 Å². The summed E-state index contributed by atoms with van der Waals surface area (Å²) in [6.07, 6.45) is 1.45. The third kappa shape index (κ3) is 4.48. The first kappa shape index (κ1) is 25.0. The molecule has 0 saturated heterocycles. The minimum atomic E-state index is -1.17. The number of benzene rings is 2. The Morgan fingerprint density at radius 3 is 2.70 bits per heavy atom. The highest BCUT2D eigenvalue weighted by Crippen LogP contribution is 2.45. The number of rotatable bonds is 6. The standard InChI is InChI=1S/C30H33N3O4/c1-7-33(6)23-11-9-19-21(32-23)16-17(2)24(28(29(34)35)37-30(3,4)5)26(19)20-8-10-22-25-18(13-15-36-22)12-14-31-27(20)25/h8-12,14,16,28H,7,13,15H2,1-6H3,(H,34,35)/t28-/m0/s1. The van der Waals surface area contributed by atoms with E-state index in [0.29, 0.717) is 12.2 Å². The number of fused-ring (bicyclic) bond motifs is 1. The van der Waals surface area contributed by atoms with Gasteiger partial charge >= 0.3 is 5.97 Å². The normalized spacial score (nSPS) is 14.0. The lowest BCUT2D eigenvalue weighted by Crippen LogP contribution is -2.28. The average Bonchev–Trinajstić information content (AvgIpc) is 2.86. The van der Waals surface area contributed by atoms with Gasteiger partial charge in [0.05, 0.1) is 23.2 Å². The maximum atomic E-state index is 12.7. The third-order valence-electron chi connectivity index (χ3n) is 6.89. The molecule has 7 heteroatoms. The van der Waals surface area contributed by atoms with Gasteiger partial charge in [0, 0.05) is 48.1 Å². The van der Waals surface area contributed by atoms with Gasteiger partial charge in [0.1, 0.15) is 11.6 Å². The highest BCUT2D eigenvalue weighted by atomic mass is 16.5. The van der Waals surface area contributed by atoms with Gasteiger partial charge in [0.2, 0.25) is 0 Å². The third-order valence-corrected chi connectivity index (χ3v) is 6.89. The number of carboxylic acids is 1. The molecule has 1 aliphatic heterocycles. The van der Waals surface area contributed by atoms with Crippen molar-refractivity contribution in [2.24, 2.45) is 0 Å². The van der Waals surface area contributed by atoms with Crippen LogP contribution in [0.2, 0.25) is 0 Å². The summed E-state index contributed by atoms with van der Waals surface area (Å²) in [4.78, 5) is 24.5. The van der Waals surface area contributed by atoms with Crippen molar-refractivity contribution in [3.63, 3.8) is 0 Å². The molecule has 2 aromatic heterocycles. The summed E-state index contributed by atoms with van der Waals surface area (Å²) >= 11 is 0. The number of carboxylic acid groups (broad SMARTS) is 1. The maximum Gasteiger partial charge on any atom is 0.337 e. The van der Waals surface area contributed by atoms with Crippen LogP contribution in [0.15, 0.2) is 42.6 Å². The Hall–Kier alpha value is -3.71. The van der Waals surface area contributed by atoms with Crippen LogP contribution in [-0.4, -0.2) is 46.8 Å². The Bertz CT molecular complexity index is 1510. The van der Waals surface area contributed by atoms with Crippen LogP contribution >= 0.6 is 0 Å². The molecule has 0 aliphatic carbocycles. The second kappa shape index (κ2) is 9.30. The molecule has 5 rings (SSSR count). The molecule has 0 fully saturated rings. The van der Waals surface area contributed by atoms with Crippen molar-refractivity contribution in [1.82, 2.24) is 9.97 Å². The second-order valence-corrected chi connectivity index (χ2v) is 10.6. The summed E-state index contributed by atoms with van der Waals surface area (Å²) in [5.74, 6) is 0.627. The Kier molecular flexibility index (Phi) is 6.28. The number of aromatic nitrogens is 2. The first-order valence-electron chi connectivity index (χ1n) is 12.7. The number of hydrogen-bond donors (Lipinski definition) is 1. The van der Waals surface area contributed by atoms with E-state index in [9.17, 15) is 9.90 Å². The number of nitrogens with zero attached hydrogens (tertiary/aromatic N) is 3. The summed E-state index contributed by atoms with van der Waals surface area (Å²) in [5, 5.41) is 12.2. The van der Waals surface area contributed by atoms with Gasteiger partial charge in [0.25, 0.3) is 0 Å². The van der Waals surface area contributed by atoms with Crippen LogP contribution in [-0.2, 0) is 16.0 Å². The van der Waals surface area contributed by atoms with E-state index < -0.39 is 17.7 Å². The van der Waals surface area contributed by atoms with E-state index in [4.69, 9.17) is 19.4 Å². The quantitative estimate of drug-likeness (QED) is 0.344. The molecule has 0 unspecified atom stereocenters. The van der Waals surface area contributed by atoms with Gasteiger partial charge < -0.3 is 19.5 Å². The topological polar surface area (TPSA) is 84.8 Å². The highest BCUT2D eigenvalue weighted by Gasteiger charge is 2.33. The van der Waals surface area contributed by atoms with Gasteiger partial charge in [-0.05, 0) is 87.7 Å². The van der Waals surface area contributed by atoms with Crippen LogP contribution in [0.25, 0.3) is 32.9 Å². The molecule has 7 nitrogen and oxygen atoms in total. The van der Waals surface area contributed by atoms with E-state index in [1.807, 2.05) is 77.3 Å². The molecule has 4 aromatic rings. The van der Waals surface area contributed by atoms with Gasteiger partial charge in [-0.2, -0.15) is 0 Å². The molecule has 0 spiro atoms. The minimum Gasteiger partial charge on any atom is -0.493 e. The summed E-state index contributed by atoms with van der Waals surface area (Å²) in [6, 6.07) is 12.0. The minimum absolute atomic E-state index is 0.618. The van der Waals surface area contributed by atoms with E-state index in [1.54, 1.807) is 0 Å². The first-order valence-corrected chi connectivity index (χ1v) is 12.7. The lowest BCUT2D eigenvalue weighted by molar-refractivity contribution is -0.160.